The maximum Gasteiger partial charge on any atom is 0.272 e. The first kappa shape index (κ1) is 13.8. The molecule has 4 rings (SSSR count). The van der Waals surface area contributed by atoms with E-state index in [1.54, 1.807) is 17.4 Å². The third-order valence-corrected chi connectivity index (χ3v) is 4.16. The summed E-state index contributed by atoms with van der Waals surface area (Å²) in [6.07, 6.45) is 3.83. The minimum atomic E-state index is -0.257. The predicted molar refractivity (Wildman–Crippen MR) is 85.3 cm³/mol. The number of amides is 1. The Morgan fingerprint density at radius 1 is 1.48 bits per heavy atom. The second-order valence-electron chi connectivity index (χ2n) is 5.08. The van der Waals surface area contributed by atoms with Gasteiger partial charge >= 0.3 is 0 Å². The predicted octanol–water partition coefficient (Wildman–Crippen LogP) is 2.62. The maximum atomic E-state index is 12.2. The van der Waals surface area contributed by atoms with Crippen molar-refractivity contribution in [2.45, 2.75) is 13.5 Å². The van der Waals surface area contributed by atoms with E-state index in [4.69, 9.17) is 4.42 Å². The highest BCUT2D eigenvalue weighted by molar-refractivity contribution is 7.15. The highest BCUT2D eigenvalue weighted by Gasteiger charge is 2.13. The van der Waals surface area contributed by atoms with E-state index in [1.165, 1.54) is 0 Å². The number of carbonyl (C=O) groups excluding carboxylic acids is 1. The Labute approximate surface area is 135 Å². The lowest BCUT2D eigenvalue weighted by Gasteiger charge is -1.99. The summed E-state index contributed by atoms with van der Waals surface area (Å²) in [4.78, 5) is 17.5. The highest BCUT2D eigenvalue weighted by Crippen LogP contribution is 2.20. The van der Waals surface area contributed by atoms with Crippen LogP contribution in [0.3, 0.4) is 0 Å². The molecule has 8 heteroatoms. The molecule has 0 fully saturated rings. The summed E-state index contributed by atoms with van der Waals surface area (Å²) in [5, 5.41) is 11.6. The van der Waals surface area contributed by atoms with Crippen molar-refractivity contribution in [1.82, 2.24) is 24.9 Å². The Morgan fingerprint density at radius 2 is 2.39 bits per heavy atom. The van der Waals surface area contributed by atoms with E-state index < -0.39 is 0 Å². The molecule has 7 nitrogen and oxygen atoms in total. The van der Waals surface area contributed by atoms with Gasteiger partial charge in [-0.2, -0.15) is 5.10 Å². The van der Waals surface area contributed by atoms with Crippen molar-refractivity contribution in [2.75, 3.05) is 0 Å². The van der Waals surface area contributed by atoms with Gasteiger partial charge in [0.15, 0.2) is 16.4 Å². The van der Waals surface area contributed by atoms with Gasteiger partial charge in [-0.1, -0.05) is 0 Å². The molecule has 2 N–H and O–H groups in total. The Hall–Kier alpha value is -2.87. The van der Waals surface area contributed by atoms with Crippen molar-refractivity contribution < 1.29 is 9.21 Å². The van der Waals surface area contributed by atoms with Gasteiger partial charge in [-0.15, -0.1) is 11.3 Å². The zero-order valence-corrected chi connectivity index (χ0v) is 13.1. The summed E-state index contributed by atoms with van der Waals surface area (Å²) in [5.74, 6) is 1.20. The molecular formula is C15H13N5O2S. The van der Waals surface area contributed by atoms with E-state index in [0.717, 1.165) is 16.4 Å². The fourth-order valence-corrected chi connectivity index (χ4v) is 2.99. The Bertz CT molecular complexity index is 948. The summed E-state index contributed by atoms with van der Waals surface area (Å²) >= 11 is 1.55. The summed E-state index contributed by atoms with van der Waals surface area (Å²) in [6.45, 7) is 2.22. The molecule has 0 bridgehead atoms. The van der Waals surface area contributed by atoms with E-state index in [9.17, 15) is 4.79 Å². The van der Waals surface area contributed by atoms with Gasteiger partial charge in [-0.25, -0.2) is 4.98 Å². The number of aromatic amines is 1. The first-order valence-corrected chi connectivity index (χ1v) is 7.88. The number of nitrogens with zero attached hydrogens (tertiary/aromatic N) is 3. The number of hydrogen-bond acceptors (Lipinski definition) is 5. The second-order valence-corrected chi connectivity index (χ2v) is 5.96. The topological polar surface area (TPSA) is 88.2 Å². The van der Waals surface area contributed by atoms with Crippen LogP contribution in [-0.4, -0.2) is 25.5 Å². The summed E-state index contributed by atoms with van der Waals surface area (Å²) in [6, 6.07) is 5.36. The highest BCUT2D eigenvalue weighted by atomic mass is 32.1. The van der Waals surface area contributed by atoms with Gasteiger partial charge in [0.25, 0.3) is 5.91 Å². The van der Waals surface area contributed by atoms with Gasteiger partial charge in [-0.3, -0.25) is 14.3 Å². The van der Waals surface area contributed by atoms with Crippen LogP contribution in [0.15, 0.2) is 40.4 Å². The smallest absolute Gasteiger partial charge is 0.272 e. The first-order valence-electron chi connectivity index (χ1n) is 7.00. The molecule has 0 saturated carbocycles. The molecule has 0 atom stereocenters. The molecule has 23 heavy (non-hydrogen) atoms. The molecule has 4 heterocycles. The van der Waals surface area contributed by atoms with Crippen LogP contribution in [0.5, 0.6) is 0 Å². The van der Waals surface area contributed by atoms with Crippen molar-refractivity contribution in [3.63, 3.8) is 0 Å². The molecule has 0 unspecified atom stereocenters. The molecule has 0 spiro atoms. The second kappa shape index (κ2) is 5.40. The maximum absolute atomic E-state index is 12.2. The molecule has 4 aromatic rings. The average Bonchev–Trinajstić information content (AvgIpc) is 3.27. The van der Waals surface area contributed by atoms with Gasteiger partial charge in [0.1, 0.15) is 11.5 Å². The number of furan rings is 1. The lowest BCUT2D eigenvalue weighted by molar-refractivity contribution is 0.0945. The van der Waals surface area contributed by atoms with Gasteiger partial charge in [0.05, 0.1) is 12.2 Å². The van der Waals surface area contributed by atoms with E-state index in [2.05, 4.69) is 20.5 Å². The Balaban J connectivity index is 1.44. The molecule has 1 amide bonds. The van der Waals surface area contributed by atoms with Crippen LogP contribution < -0.4 is 5.32 Å². The standard InChI is InChI=1S/C15H13N5O2S/c1-9-2-3-13(22-9)11-6-12(19-18-11)14(21)16-7-10-8-20-4-5-23-15(20)17-10/h2-6,8H,7H2,1H3,(H,16,21)(H,18,19). The summed E-state index contributed by atoms with van der Waals surface area (Å²) in [7, 11) is 0. The van der Waals surface area contributed by atoms with Crippen molar-refractivity contribution in [1.29, 1.82) is 0 Å². The van der Waals surface area contributed by atoms with Gasteiger partial charge < -0.3 is 9.73 Å². The van der Waals surface area contributed by atoms with Crippen LogP contribution in [0.2, 0.25) is 0 Å². The monoisotopic (exact) mass is 327 g/mol. The third-order valence-electron chi connectivity index (χ3n) is 3.39. The van der Waals surface area contributed by atoms with Crippen LogP contribution >= 0.6 is 11.3 Å². The summed E-state index contributed by atoms with van der Waals surface area (Å²) < 4.78 is 7.43. The number of aromatic nitrogens is 4. The lowest BCUT2D eigenvalue weighted by atomic mass is 10.3. The van der Waals surface area contributed by atoms with E-state index in [-0.39, 0.29) is 5.91 Å². The first-order chi connectivity index (χ1) is 11.2. The van der Waals surface area contributed by atoms with Crippen LogP contribution in [-0.2, 0) is 6.54 Å². The average molecular weight is 327 g/mol. The molecular weight excluding hydrogens is 314 g/mol. The molecule has 0 aliphatic heterocycles. The fraction of sp³-hybridized carbons (Fsp3) is 0.133. The molecule has 0 saturated heterocycles. The van der Waals surface area contributed by atoms with Crippen molar-refractivity contribution >= 4 is 22.2 Å². The minimum absolute atomic E-state index is 0.257. The van der Waals surface area contributed by atoms with E-state index in [1.807, 2.05) is 41.2 Å². The largest absolute Gasteiger partial charge is 0.460 e. The lowest BCUT2D eigenvalue weighted by Crippen LogP contribution is -2.23. The number of H-pyrrole nitrogens is 1. The van der Waals surface area contributed by atoms with Crippen molar-refractivity contribution in [3.8, 4) is 11.5 Å². The molecule has 0 aliphatic rings. The van der Waals surface area contributed by atoms with Crippen LogP contribution in [0, 0.1) is 6.92 Å². The fourth-order valence-electron chi connectivity index (χ4n) is 2.27. The molecule has 116 valence electrons. The van der Waals surface area contributed by atoms with Gasteiger partial charge in [0.2, 0.25) is 0 Å². The molecule has 0 radical (unpaired) electrons. The number of imidazole rings is 1. The number of aryl methyl sites for hydroxylation is 1. The molecule has 4 aromatic heterocycles. The van der Waals surface area contributed by atoms with Gasteiger partial charge in [0, 0.05) is 23.8 Å². The zero-order chi connectivity index (χ0) is 15.8. The third kappa shape index (κ3) is 2.64. The van der Waals surface area contributed by atoms with E-state index >= 15 is 0 Å². The summed E-state index contributed by atoms with van der Waals surface area (Å²) in [5.41, 5.74) is 1.79. The quantitative estimate of drug-likeness (QED) is 0.603. The van der Waals surface area contributed by atoms with Crippen molar-refractivity contribution in [3.05, 3.63) is 53.1 Å². The zero-order valence-electron chi connectivity index (χ0n) is 12.2. The number of rotatable bonds is 4. The van der Waals surface area contributed by atoms with Crippen LogP contribution in [0.1, 0.15) is 21.9 Å². The molecule has 0 aromatic carbocycles. The normalized spacial score (nSPS) is 11.2. The van der Waals surface area contributed by atoms with Gasteiger partial charge in [-0.05, 0) is 19.1 Å². The number of nitrogens with one attached hydrogen (secondary N) is 2. The number of thiazole rings is 1. The Morgan fingerprint density at radius 3 is 3.17 bits per heavy atom. The van der Waals surface area contributed by atoms with Crippen LogP contribution in [0.25, 0.3) is 16.4 Å². The number of fused-ring (bicyclic) bond motifs is 1. The van der Waals surface area contributed by atoms with Crippen LogP contribution in [0.4, 0.5) is 0 Å². The SMILES string of the molecule is Cc1ccc(-c2cc(C(=O)NCc3cn4ccsc4n3)n[nH]2)o1. The molecule has 0 aliphatic carbocycles. The van der Waals surface area contributed by atoms with Crippen molar-refractivity contribution in [2.24, 2.45) is 0 Å². The number of hydrogen-bond donors (Lipinski definition) is 2. The Kier molecular flexibility index (Phi) is 3.23. The van der Waals surface area contributed by atoms with E-state index in [0.29, 0.717) is 23.7 Å². The number of carbonyl (C=O) groups is 1. The minimum Gasteiger partial charge on any atom is -0.460 e.